The Balaban J connectivity index is -0.0000192. The molecule has 0 bridgehead atoms. The van der Waals surface area contributed by atoms with Crippen molar-refractivity contribution in [2.75, 3.05) is 13.2 Å². The van der Waals surface area contributed by atoms with Gasteiger partial charge in [-0.3, -0.25) is 14.4 Å². The second kappa shape index (κ2) is 56.7. The van der Waals surface area contributed by atoms with Crippen molar-refractivity contribution in [3.8, 4) is 0 Å². The summed E-state index contributed by atoms with van der Waals surface area (Å²) in [6.45, 7) is 6.71. The van der Waals surface area contributed by atoms with Crippen molar-refractivity contribution in [1.82, 2.24) is 0 Å². The largest absolute Gasteiger partial charge is 1.00 e. The quantitative estimate of drug-likeness (QED) is 0.0262. The molecule has 0 atom stereocenters. The molecular formula is C57H111NaO6. The molecule has 0 heterocycles. The zero-order valence-electron chi connectivity index (χ0n) is 44.9. The van der Waals surface area contributed by atoms with Crippen LogP contribution in [0.3, 0.4) is 0 Å². The third-order valence-electron chi connectivity index (χ3n) is 13.1. The molecule has 0 N–H and O–H groups in total. The molecule has 0 aliphatic carbocycles. The summed E-state index contributed by atoms with van der Waals surface area (Å²) in [6, 6.07) is 0. The van der Waals surface area contributed by atoms with Crippen molar-refractivity contribution in [2.45, 2.75) is 335 Å². The predicted molar refractivity (Wildman–Crippen MR) is 272 cm³/mol. The Morgan fingerprint density at radius 2 is 0.453 bits per heavy atom. The molecule has 0 radical (unpaired) electrons. The van der Waals surface area contributed by atoms with E-state index in [0.717, 1.165) is 57.8 Å². The zero-order chi connectivity index (χ0) is 45.8. The first kappa shape index (κ1) is 65.5. The molecule has 64 heavy (non-hydrogen) atoms. The first-order chi connectivity index (χ1) is 31.0. The van der Waals surface area contributed by atoms with Crippen molar-refractivity contribution in [3.05, 3.63) is 0 Å². The van der Waals surface area contributed by atoms with Gasteiger partial charge in [0.2, 0.25) is 0 Å². The van der Waals surface area contributed by atoms with E-state index in [9.17, 15) is 14.4 Å². The molecule has 0 spiro atoms. The number of rotatable bonds is 53. The molecule has 0 saturated carbocycles. The van der Waals surface area contributed by atoms with Crippen molar-refractivity contribution in [1.29, 1.82) is 0 Å². The van der Waals surface area contributed by atoms with E-state index in [0.29, 0.717) is 19.3 Å². The molecule has 0 fully saturated rings. The number of ether oxygens (including phenoxy) is 3. The molecule has 0 aliphatic heterocycles. The molecule has 0 aromatic heterocycles. The van der Waals surface area contributed by atoms with E-state index in [1.807, 2.05) is 0 Å². The Labute approximate surface area is 423 Å². The molecule has 0 amide bonds. The van der Waals surface area contributed by atoms with Crippen LogP contribution in [0.1, 0.15) is 330 Å². The first-order valence-electron chi connectivity index (χ1n) is 28.5. The molecule has 0 aromatic rings. The summed E-state index contributed by atoms with van der Waals surface area (Å²) in [5.41, 5.74) is 0. The second-order valence-electron chi connectivity index (χ2n) is 19.6. The monoisotopic (exact) mass is 915 g/mol. The fourth-order valence-corrected chi connectivity index (χ4v) is 8.80. The van der Waals surface area contributed by atoms with Gasteiger partial charge in [0.05, 0.1) is 0 Å². The standard InChI is InChI=1S/C57H110O6.Na.H/c1-4-7-10-13-16-19-22-25-28-31-34-37-40-43-46-49-55(58)61-52-54(63-57(60)51-48-45-42-39-36-33-30-27-24-21-18-15-12-9-6-3)53-62-56(59)50-47-44-41-38-35-32-29-26-23-20-17-14-11-8-5-2;;/h54H,4-53H2,1-3H3;;/q;+1;-1. The zero-order valence-corrected chi connectivity index (χ0v) is 45.9. The van der Waals surface area contributed by atoms with Crippen LogP contribution in [0.5, 0.6) is 0 Å². The van der Waals surface area contributed by atoms with Gasteiger partial charge >= 0.3 is 47.5 Å². The van der Waals surface area contributed by atoms with Gasteiger partial charge in [0, 0.05) is 19.3 Å². The molecule has 0 saturated heterocycles. The van der Waals surface area contributed by atoms with E-state index < -0.39 is 6.10 Å². The average molecular weight is 915 g/mol. The van der Waals surface area contributed by atoms with Crippen molar-refractivity contribution < 1.29 is 59.6 Å². The van der Waals surface area contributed by atoms with Crippen LogP contribution in [-0.4, -0.2) is 37.2 Å². The predicted octanol–water partition coefficient (Wildman–Crippen LogP) is 15.9. The summed E-state index contributed by atoms with van der Waals surface area (Å²) >= 11 is 0. The molecule has 376 valence electrons. The first-order valence-corrected chi connectivity index (χ1v) is 28.5. The summed E-state index contributed by atoms with van der Waals surface area (Å²) < 4.78 is 16.9. The van der Waals surface area contributed by atoms with Crippen LogP contribution in [0.4, 0.5) is 0 Å². The maximum Gasteiger partial charge on any atom is 1.00 e. The Morgan fingerprint density at radius 1 is 0.281 bits per heavy atom. The van der Waals surface area contributed by atoms with Crippen LogP contribution in [-0.2, 0) is 28.6 Å². The minimum absolute atomic E-state index is 0. The minimum atomic E-state index is -0.760. The summed E-state index contributed by atoms with van der Waals surface area (Å²) in [5, 5.41) is 0. The molecule has 0 unspecified atom stereocenters. The van der Waals surface area contributed by atoms with Crippen LogP contribution in [0.15, 0.2) is 0 Å². The van der Waals surface area contributed by atoms with Gasteiger partial charge in [0.15, 0.2) is 6.10 Å². The van der Waals surface area contributed by atoms with Crippen LogP contribution >= 0.6 is 0 Å². The number of unbranched alkanes of at least 4 members (excludes halogenated alkanes) is 42. The average Bonchev–Trinajstić information content (AvgIpc) is 3.28. The Hall–Kier alpha value is -0.590. The van der Waals surface area contributed by atoms with Crippen LogP contribution < -0.4 is 29.6 Å². The number of hydrogen-bond donors (Lipinski definition) is 0. The van der Waals surface area contributed by atoms with E-state index in [1.54, 1.807) is 0 Å². The Bertz CT molecular complexity index is 900. The maximum atomic E-state index is 12.8. The van der Waals surface area contributed by atoms with Gasteiger partial charge in [-0.05, 0) is 19.3 Å². The van der Waals surface area contributed by atoms with Gasteiger partial charge in [-0.2, -0.15) is 0 Å². The van der Waals surface area contributed by atoms with Gasteiger partial charge < -0.3 is 15.6 Å². The third-order valence-corrected chi connectivity index (χ3v) is 13.1. The van der Waals surface area contributed by atoms with Crippen LogP contribution in [0.2, 0.25) is 0 Å². The van der Waals surface area contributed by atoms with Gasteiger partial charge in [-0.15, -0.1) is 0 Å². The van der Waals surface area contributed by atoms with Gasteiger partial charge in [-0.1, -0.05) is 290 Å². The van der Waals surface area contributed by atoms with E-state index in [-0.39, 0.29) is 62.1 Å². The maximum absolute atomic E-state index is 12.8. The summed E-state index contributed by atoms with van der Waals surface area (Å²) in [4.78, 5) is 38.1. The summed E-state index contributed by atoms with van der Waals surface area (Å²) in [7, 11) is 0. The fraction of sp³-hybridized carbons (Fsp3) is 0.947. The fourth-order valence-electron chi connectivity index (χ4n) is 8.80. The minimum Gasteiger partial charge on any atom is -1.00 e. The van der Waals surface area contributed by atoms with Gasteiger partial charge in [0.25, 0.3) is 0 Å². The molecule has 7 heteroatoms. The second-order valence-corrected chi connectivity index (χ2v) is 19.6. The number of hydrogen-bond acceptors (Lipinski definition) is 6. The third kappa shape index (κ3) is 54.0. The summed E-state index contributed by atoms with van der Waals surface area (Å²) in [5.74, 6) is -0.832. The van der Waals surface area contributed by atoms with E-state index >= 15 is 0 Å². The molecule has 6 nitrogen and oxygen atoms in total. The van der Waals surface area contributed by atoms with Crippen molar-refractivity contribution in [2.24, 2.45) is 0 Å². The topological polar surface area (TPSA) is 78.9 Å². The van der Waals surface area contributed by atoms with E-state index in [2.05, 4.69) is 20.8 Å². The number of carbonyl (C=O) groups is 3. The number of esters is 3. The normalized spacial score (nSPS) is 11.2. The van der Waals surface area contributed by atoms with E-state index in [4.69, 9.17) is 14.2 Å². The van der Waals surface area contributed by atoms with Crippen LogP contribution in [0.25, 0.3) is 0 Å². The molecule has 0 aliphatic rings. The molecular weight excluding hydrogens is 804 g/mol. The Kier molecular flexibility index (Phi) is 58.1. The molecule has 0 rings (SSSR count). The van der Waals surface area contributed by atoms with Gasteiger partial charge in [0.1, 0.15) is 13.2 Å². The Morgan fingerprint density at radius 3 is 0.656 bits per heavy atom. The number of carbonyl (C=O) groups excluding carboxylic acids is 3. The molecule has 0 aromatic carbocycles. The SMILES string of the molecule is CCCCCCCCCCCCCCCCCC(=O)OCC(COC(=O)CCCCCCCCCCCCCCCCC)OC(=O)CCCCCCCCCCCCCCCCC.[H-].[Na+]. The van der Waals surface area contributed by atoms with E-state index in [1.165, 1.54) is 231 Å². The summed E-state index contributed by atoms with van der Waals surface area (Å²) in [6.07, 6.45) is 58.0. The smallest absolute Gasteiger partial charge is 1.00 e. The van der Waals surface area contributed by atoms with Crippen LogP contribution in [0, 0.1) is 0 Å². The van der Waals surface area contributed by atoms with Gasteiger partial charge in [-0.25, -0.2) is 0 Å². The van der Waals surface area contributed by atoms with Crippen molar-refractivity contribution in [3.63, 3.8) is 0 Å². The van der Waals surface area contributed by atoms with Crippen molar-refractivity contribution >= 4 is 17.9 Å².